The molecular weight excluding hydrogens is 268 g/mol. The van der Waals surface area contributed by atoms with E-state index in [1.54, 1.807) is 42.1 Å². The van der Waals surface area contributed by atoms with Gasteiger partial charge in [-0.3, -0.25) is 14.3 Å². The Morgan fingerprint density at radius 1 is 1.14 bits per heavy atom. The molecule has 0 saturated heterocycles. The number of carbonyl (C=O) groups excluding carboxylic acids is 2. The van der Waals surface area contributed by atoms with Crippen LogP contribution in [0.5, 0.6) is 0 Å². The van der Waals surface area contributed by atoms with Gasteiger partial charge in [0, 0.05) is 24.5 Å². The van der Waals surface area contributed by atoms with Gasteiger partial charge in [-0.25, -0.2) is 0 Å². The molecule has 0 fully saturated rings. The molecule has 0 aliphatic rings. The first-order chi connectivity index (χ1) is 9.95. The lowest BCUT2D eigenvalue weighted by Gasteiger charge is -2.13. The van der Waals surface area contributed by atoms with Crippen molar-refractivity contribution in [3.8, 4) is 0 Å². The summed E-state index contributed by atoms with van der Waals surface area (Å²) < 4.78 is 1.62. The zero-order valence-electron chi connectivity index (χ0n) is 12.3. The number of nitrogens with one attached hydrogen (secondary N) is 2. The van der Waals surface area contributed by atoms with Crippen LogP contribution in [0.2, 0.25) is 0 Å². The van der Waals surface area contributed by atoms with Crippen molar-refractivity contribution >= 4 is 23.2 Å². The fourth-order valence-corrected chi connectivity index (χ4v) is 1.85. The molecule has 1 unspecified atom stereocenters. The van der Waals surface area contributed by atoms with E-state index in [2.05, 4.69) is 15.7 Å². The van der Waals surface area contributed by atoms with Crippen molar-refractivity contribution in [2.75, 3.05) is 10.6 Å². The van der Waals surface area contributed by atoms with Crippen molar-refractivity contribution < 1.29 is 9.59 Å². The Balaban J connectivity index is 2.00. The van der Waals surface area contributed by atoms with Crippen LogP contribution in [0.15, 0.2) is 36.7 Å². The summed E-state index contributed by atoms with van der Waals surface area (Å²) in [5.74, 6) is -0.278. The molecule has 0 radical (unpaired) electrons. The number of aromatic nitrogens is 2. The first-order valence-corrected chi connectivity index (χ1v) is 6.65. The third-order valence-corrected chi connectivity index (χ3v) is 2.98. The van der Waals surface area contributed by atoms with Gasteiger partial charge in [0.05, 0.1) is 6.20 Å². The van der Waals surface area contributed by atoms with E-state index >= 15 is 0 Å². The van der Waals surface area contributed by atoms with Crippen LogP contribution in [-0.4, -0.2) is 21.6 Å². The molecule has 6 nitrogen and oxygen atoms in total. The molecule has 0 bridgehead atoms. The first-order valence-electron chi connectivity index (χ1n) is 6.65. The fourth-order valence-electron chi connectivity index (χ4n) is 1.85. The Kier molecular flexibility index (Phi) is 4.37. The number of aryl methyl sites for hydroxylation is 1. The van der Waals surface area contributed by atoms with Crippen LogP contribution in [0.25, 0.3) is 0 Å². The van der Waals surface area contributed by atoms with Gasteiger partial charge < -0.3 is 10.6 Å². The molecule has 21 heavy (non-hydrogen) atoms. The van der Waals surface area contributed by atoms with Crippen LogP contribution < -0.4 is 10.6 Å². The van der Waals surface area contributed by atoms with Crippen molar-refractivity contribution in [1.29, 1.82) is 0 Å². The van der Waals surface area contributed by atoms with Gasteiger partial charge in [-0.2, -0.15) is 5.10 Å². The highest BCUT2D eigenvalue weighted by atomic mass is 16.2. The highest BCUT2D eigenvalue weighted by Gasteiger charge is 2.15. The summed E-state index contributed by atoms with van der Waals surface area (Å²) >= 11 is 0. The molecule has 1 heterocycles. The van der Waals surface area contributed by atoms with Crippen LogP contribution in [-0.2, 0) is 9.59 Å². The summed E-state index contributed by atoms with van der Waals surface area (Å²) in [7, 11) is 0. The molecule has 1 atom stereocenters. The molecule has 2 aromatic rings. The predicted octanol–water partition coefficient (Wildman–Crippen LogP) is 2.35. The van der Waals surface area contributed by atoms with Gasteiger partial charge in [-0.15, -0.1) is 0 Å². The largest absolute Gasteiger partial charge is 0.326 e. The Morgan fingerprint density at radius 2 is 1.71 bits per heavy atom. The van der Waals surface area contributed by atoms with Crippen LogP contribution in [0.4, 0.5) is 11.4 Å². The Bertz CT molecular complexity index is 646. The maximum absolute atomic E-state index is 12.1. The standard InChI is InChI=1S/C15H18N4O2/c1-10-8-16-19(9-10)11(2)15(21)18-14-6-4-13(5-7-14)17-12(3)20/h4-9,11H,1-3H3,(H,17,20)(H,18,21). The lowest BCUT2D eigenvalue weighted by molar-refractivity contribution is -0.119. The molecule has 0 spiro atoms. The molecule has 2 rings (SSSR count). The minimum Gasteiger partial charge on any atom is -0.326 e. The second kappa shape index (κ2) is 6.21. The Labute approximate surface area is 123 Å². The second-order valence-corrected chi connectivity index (χ2v) is 4.92. The Hall–Kier alpha value is -2.63. The molecular formula is C15H18N4O2. The normalized spacial score (nSPS) is 11.8. The number of benzene rings is 1. The van der Waals surface area contributed by atoms with Gasteiger partial charge in [-0.1, -0.05) is 0 Å². The van der Waals surface area contributed by atoms with Crippen molar-refractivity contribution in [2.24, 2.45) is 0 Å². The van der Waals surface area contributed by atoms with Crippen molar-refractivity contribution in [1.82, 2.24) is 9.78 Å². The average molecular weight is 286 g/mol. The van der Waals surface area contributed by atoms with Crippen molar-refractivity contribution in [3.63, 3.8) is 0 Å². The third kappa shape index (κ3) is 3.92. The van der Waals surface area contributed by atoms with E-state index in [-0.39, 0.29) is 11.8 Å². The first kappa shape index (κ1) is 14.8. The highest BCUT2D eigenvalue weighted by Crippen LogP contribution is 2.15. The summed E-state index contributed by atoms with van der Waals surface area (Å²) in [5.41, 5.74) is 2.37. The molecule has 0 aliphatic carbocycles. The van der Waals surface area contributed by atoms with E-state index in [4.69, 9.17) is 0 Å². The van der Waals surface area contributed by atoms with Gasteiger partial charge in [0.2, 0.25) is 11.8 Å². The number of hydrogen-bond acceptors (Lipinski definition) is 3. The molecule has 110 valence electrons. The third-order valence-electron chi connectivity index (χ3n) is 2.98. The summed E-state index contributed by atoms with van der Waals surface area (Å²) in [6.07, 6.45) is 3.54. The summed E-state index contributed by atoms with van der Waals surface area (Å²) in [6.45, 7) is 5.16. The smallest absolute Gasteiger partial charge is 0.248 e. The minimum absolute atomic E-state index is 0.130. The van der Waals surface area contributed by atoms with Gasteiger partial charge in [0.25, 0.3) is 0 Å². The van der Waals surface area contributed by atoms with E-state index < -0.39 is 6.04 Å². The van der Waals surface area contributed by atoms with Crippen LogP contribution in [0, 0.1) is 6.92 Å². The molecule has 0 saturated carbocycles. The maximum Gasteiger partial charge on any atom is 0.248 e. The Morgan fingerprint density at radius 3 is 2.19 bits per heavy atom. The van der Waals surface area contributed by atoms with Gasteiger partial charge in [-0.05, 0) is 43.7 Å². The summed E-state index contributed by atoms with van der Waals surface area (Å²) in [6, 6.07) is 6.56. The lowest BCUT2D eigenvalue weighted by atomic mass is 10.2. The molecule has 2 N–H and O–H groups in total. The molecule has 2 amide bonds. The monoisotopic (exact) mass is 286 g/mol. The summed E-state index contributed by atoms with van der Waals surface area (Å²) in [5, 5.41) is 9.62. The SMILES string of the molecule is CC(=O)Nc1ccc(NC(=O)C(C)n2cc(C)cn2)cc1. The van der Waals surface area contributed by atoms with Crippen LogP contribution >= 0.6 is 0 Å². The van der Waals surface area contributed by atoms with E-state index in [0.29, 0.717) is 11.4 Å². The molecule has 6 heteroatoms. The number of amides is 2. The molecule has 1 aromatic carbocycles. The van der Waals surface area contributed by atoms with E-state index in [1.807, 2.05) is 13.1 Å². The molecule has 1 aromatic heterocycles. The van der Waals surface area contributed by atoms with Crippen LogP contribution in [0.3, 0.4) is 0 Å². The van der Waals surface area contributed by atoms with Gasteiger partial charge >= 0.3 is 0 Å². The average Bonchev–Trinajstić information content (AvgIpc) is 2.86. The van der Waals surface area contributed by atoms with Crippen molar-refractivity contribution in [2.45, 2.75) is 26.8 Å². The van der Waals surface area contributed by atoms with Crippen molar-refractivity contribution in [3.05, 3.63) is 42.2 Å². The number of hydrogen-bond donors (Lipinski definition) is 2. The number of carbonyl (C=O) groups is 2. The van der Waals surface area contributed by atoms with E-state index in [1.165, 1.54) is 6.92 Å². The zero-order chi connectivity index (χ0) is 15.4. The minimum atomic E-state index is -0.395. The maximum atomic E-state index is 12.1. The number of rotatable bonds is 4. The van der Waals surface area contributed by atoms with Gasteiger partial charge in [0.15, 0.2) is 0 Å². The van der Waals surface area contributed by atoms with Gasteiger partial charge in [0.1, 0.15) is 6.04 Å². The lowest BCUT2D eigenvalue weighted by Crippen LogP contribution is -2.24. The second-order valence-electron chi connectivity index (χ2n) is 4.92. The quantitative estimate of drug-likeness (QED) is 0.905. The number of anilines is 2. The highest BCUT2D eigenvalue weighted by molar-refractivity contribution is 5.94. The molecule has 0 aliphatic heterocycles. The van der Waals surface area contributed by atoms with E-state index in [0.717, 1.165) is 5.56 Å². The topological polar surface area (TPSA) is 76.0 Å². The summed E-state index contributed by atoms with van der Waals surface area (Å²) in [4.78, 5) is 23.1. The fraction of sp³-hybridized carbons (Fsp3) is 0.267. The van der Waals surface area contributed by atoms with Crippen LogP contribution in [0.1, 0.15) is 25.5 Å². The van der Waals surface area contributed by atoms with E-state index in [9.17, 15) is 9.59 Å². The predicted molar refractivity (Wildman–Crippen MR) is 81.1 cm³/mol. The zero-order valence-corrected chi connectivity index (χ0v) is 12.3. The number of nitrogens with zero attached hydrogens (tertiary/aromatic N) is 2.